The van der Waals surface area contributed by atoms with Crippen molar-refractivity contribution in [3.8, 4) is 0 Å². The number of hydrogen-bond acceptors (Lipinski definition) is 5. The van der Waals surface area contributed by atoms with Crippen LogP contribution in [-0.4, -0.2) is 32.9 Å². The van der Waals surface area contributed by atoms with Gasteiger partial charge in [-0.2, -0.15) is 13.2 Å². The van der Waals surface area contributed by atoms with Gasteiger partial charge in [-0.15, -0.1) is 0 Å². The molecule has 12 heteroatoms. The number of nitrogens with one attached hydrogen (secondary N) is 1. The monoisotopic (exact) mass is 522 g/mol. The summed E-state index contributed by atoms with van der Waals surface area (Å²) in [6, 6.07) is 10.4. The molecular formula is C24H19F5N4O2S. The fraction of sp³-hybridized carbons (Fsp3) is 0.208. The second-order valence-electron chi connectivity index (χ2n) is 8.41. The van der Waals surface area contributed by atoms with E-state index >= 15 is 0 Å². The molecule has 1 aliphatic heterocycles. The Morgan fingerprint density at radius 1 is 1.00 bits per heavy atom. The normalized spacial score (nSPS) is 15.5. The number of carbonyl (C=O) groups excluding carboxylic acids is 2. The Labute approximate surface area is 207 Å². The van der Waals surface area contributed by atoms with Crippen LogP contribution in [0, 0.1) is 11.6 Å². The van der Waals surface area contributed by atoms with E-state index in [1.165, 1.54) is 41.4 Å². The van der Waals surface area contributed by atoms with Crippen molar-refractivity contribution in [1.29, 1.82) is 0 Å². The van der Waals surface area contributed by atoms with Gasteiger partial charge in [-0.3, -0.25) is 4.79 Å². The van der Waals surface area contributed by atoms with Gasteiger partial charge in [0.15, 0.2) is 0 Å². The molecular weight excluding hydrogens is 503 g/mol. The highest BCUT2D eigenvalue weighted by Gasteiger charge is 2.51. The number of imide groups is 1. The van der Waals surface area contributed by atoms with E-state index < -0.39 is 34.6 Å². The molecule has 0 unspecified atom stereocenters. The Morgan fingerprint density at radius 3 is 2.36 bits per heavy atom. The second kappa shape index (κ2) is 9.41. The third-order valence-corrected chi connectivity index (χ3v) is 6.25. The van der Waals surface area contributed by atoms with Gasteiger partial charge < -0.3 is 10.2 Å². The number of pyridine rings is 1. The lowest BCUT2D eigenvalue weighted by Gasteiger charge is -2.27. The van der Waals surface area contributed by atoms with Gasteiger partial charge in [0.2, 0.25) is 0 Å². The van der Waals surface area contributed by atoms with Crippen LogP contribution in [-0.2, 0) is 11.3 Å². The molecule has 1 saturated heterocycles. The molecule has 3 aromatic rings. The number of amides is 3. The van der Waals surface area contributed by atoms with Crippen LogP contribution in [0.1, 0.15) is 19.4 Å². The predicted octanol–water partition coefficient (Wildman–Crippen LogP) is 6.46. The molecule has 0 saturated carbocycles. The van der Waals surface area contributed by atoms with Crippen molar-refractivity contribution in [3.63, 3.8) is 0 Å². The lowest BCUT2D eigenvalue weighted by molar-refractivity contribution is -0.123. The maximum Gasteiger partial charge on any atom is 0.446 e. The van der Waals surface area contributed by atoms with Crippen LogP contribution in [0.2, 0.25) is 0 Å². The summed E-state index contributed by atoms with van der Waals surface area (Å²) in [5.74, 6) is -1.66. The van der Waals surface area contributed by atoms with Gasteiger partial charge in [0.25, 0.3) is 5.91 Å². The molecule has 1 aliphatic rings. The maximum atomic E-state index is 14.0. The van der Waals surface area contributed by atoms with E-state index in [0.717, 1.165) is 23.1 Å². The quantitative estimate of drug-likeness (QED) is 0.229. The van der Waals surface area contributed by atoms with Crippen molar-refractivity contribution in [1.82, 2.24) is 9.88 Å². The standard InChI is InChI=1S/C24H19F5N4O2S/c1-23(2)21(34)33(16-4-6-17(7-5-16)36-24(27,28)29)22(35)32(23)13-14-9-10-30-20(11-14)31-19-12-15(25)3-8-18(19)26/h3-12H,13H2,1-2H3,(H,30,31). The molecule has 6 nitrogen and oxygen atoms in total. The number of halogens is 5. The van der Waals surface area contributed by atoms with Crippen LogP contribution in [0.3, 0.4) is 0 Å². The fourth-order valence-corrected chi connectivity index (χ4v) is 4.22. The Balaban J connectivity index is 1.55. The topological polar surface area (TPSA) is 65.5 Å². The molecule has 188 valence electrons. The molecule has 1 aromatic heterocycles. The molecule has 1 fully saturated rings. The van der Waals surface area contributed by atoms with Crippen molar-refractivity contribution in [2.45, 2.75) is 36.3 Å². The molecule has 0 aliphatic carbocycles. The van der Waals surface area contributed by atoms with E-state index in [1.54, 1.807) is 19.9 Å². The summed E-state index contributed by atoms with van der Waals surface area (Å²) in [6.45, 7) is 3.10. The van der Waals surface area contributed by atoms with Crippen LogP contribution in [0.25, 0.3) is 0 Å². The Morgan fingerprint density at radius 2 is 1.69 bits per heavy atom. The van der Waals surface area contributed by atoms with Crippen molar-refractivity contribution in [2.75, 3.05) is 10.2 Å². The Hall–Kier alpha value is -3.67. The van der Waals surface area contributed by atoms with Gasteiger partial charge in [0.1, 0.15) is 23.0 Å². The average Bonchev–Trinajstić information content (AvgIpc) is 2.96. The van der Waals surface area contributed by atoms with Gasteiger partial charge in [-0.05, 0) is 79.7 Å². The first-order valence-electron chi connectivity index (χ1n) is 10.5. The number of urea groups is 1. The summed E-state index contributed by atoms with van der Waals surface area (Å²) in [5.41, 5.74) is -5.14. The summed E-state index contributed by atoms with van der Waals surface area (Å²) in [7, 11) is 0. The molecule has 0 spiro atoms. The number of anilines is 3. The SMILES string of the molecule is CC1(C)C(=O)N(c2ccc(SC(F)(F)F)cc2)C(=O)N1Cc1ccnc(Nc2cc(F)ccc2F)c1. The van der Waals surface area contributed by atoms with Crippen molar-refractivity contribution < 1.29 is 31.5 Å². The molecule has 3 amide bonds. The van der Waals surface area contributed by atoms with Crippen LogP contribution < -0.4 is 10.2 Å². The van der Waals surface area contributed by atoms with Crippen LogP contribution in [0.5, 0.6) is 0 Å². The lowest BCUT2D eigenvalue weighted by atomic mass is 10.0. The zero-order valence-corrected chi connectivity index (χ0v) is 19.8. The second-order valence-corrected chi connectivity index (χ2v) is 9.55. The fourth-order valence-electron chi connectivity index (χ4n) is 3.68. The minimum Gasteiger partial charge on any atom is -0.338 e. The number of thioether (sulfide) groups is 1. The summed E-state index contributed by atoms with van der Waals surface area (Å²) < 4.78 is 65.3. The van der Waals surface area contributed by atoms with E-state index in [9.17, 15) is 31.5 Å². The van der Waals surface area contributed by atoms with Crippen LogP contribution >= 0.6 is 11.8 Å². The third kappa shape index (κ3) is 5.27. The molecule has 0 radical (unpaired) electrons. The Kier molecular flexibility index (Phi) is 6.65. The zero-order valence-electron chi connectivity index (χ0n) is 18.9. The number of carbonyl (C=O) groups is 2. The number of aromatic nitrogens is 1. The highest BCUT2D eigenvalue weighted by molar-refractivity contribution is 8.00. The summed E-state index contributed by atoms with van der Waals surface area (Å²) in [4.78, 5) is 32.6. The number of hydrogen-bond donors (Lipinski definition) is 1. The highest BCUT2D eigenvalue weighted by Crippen LogP contribution is 2.39. The van der Waals surface area contributed by atoms with Crippen molar-refractivity contribution in [2.24, 2.45) is 0 Å². The van der Waals surface area contributed by atoms with E-state index in [-0.39, 0.29) is 40.4 Å². The molecule has 0 bridgehead atoms. The lowest BCUT2D eigenvalue weighted by Crippen LogP contribution is -2.43. The number of nitrogens with zero attached hydrogens (tertiary/aromatic N) is 3. The maximum absolute atomic E-state index is 14.0. The highest BCUT2D eigenvalue weighted by atomic mass is 32.2. The first-order chi connectivity index (χ1) is 16.8. The van der Waals surface area contributed by atoms with E-state index in [1.807, 2.05) is 0 Å². The van der Waals surface area contributed by atoms with Crippen molar-refractivity contribution in [3.05, 3.63) is 78.0 Å². The zero-order chi connectivity index (χ0) is 26.3. The van der Waals surface area contributed by atoms with Gasteiger partial charge in [0, 0.05) is 23.7 Å². The van der Waals surface area contributed by atoms with E-state index in [0.29, 0.717) is 5.56 Å². The minimum absolute atomic E-state index is 0.0150. The summed E-state index contributed by atoms with van der Waals surface area (Å²) >= 11 is -0.296. The van der Waals surface area contributed by atoms with Gasteiger partial charge in [-0.25, -0.2) is 23.5 Å². The molecule has 1 N–H and O–H groups in total. The van der Waals surface area contributed by atoms with E-state index in [4.69, 9.17) is 0 Å². The van der Waals surface area contributed by atoms with Gasteiger partial charge in [0.05, 0.1) is 11.4 Å². The Bertz CT molecular complexity index is 1310. The van der Waals surface area contributed by atoms with Gasteiger partial charge in [-0.1, -0.05) is 0 Å². The first-order valence-corrected chi connectivity index (χ1v) is 11.4. The predicted molar refractivity (Wildman–Crippen MR) is 125 cm³/mol. The molecule has 4 rings (SSSR count). The largest absolute Gasteiger partial charge is 0.446 e. The molecule has 36 heavy (non-hydrogen) atoms. The number of benzene rings is 2. The third-order valence-electron chi connectivity index (χ3n) is 5.51. The minimum atomic E-state index is -4.46. The number of rotatable bonds is 6. The van der Waals surface area contributed by atoms with Crippen molar-refractivity contribution >= 4 is 40.9 Å². The summed E-state index contributed by atoms with van der Waals surface area (Å²) in [6.07, 6.45) is 1.42. The average molecular weight is 522 g/mol. The first kappa shape index (κ1) is 25.4. The molecule has 2 aromatic carbocycles. The summed E-state index contributed by atoms with van der Waals surface area (Å²) in [5, 5.41) is 2.69. The van der Waals surface area contributed by atoms with Crippen LogP contribution in [0.4, 0.5) is 43.9 Å². The smallest absolute Gasteiger partial charge is 0.338 e. The van der Waals surface area contributed by atoms with E-state index in [2.05, 4.69) is 10.3 Å². The molecule has 0 atom stereocenters. The molecule has 2 heterocycles. The number of alkyl halides is 3. The van der Waals surface area contributed by atoms with Gasteiger partial charge >= 0.3 is 11.5 Å². The van der Waals surface area contributed by atoms with Crippen LogP contribution in [0.15, 0.2) is 65.7 Å².